The first-order valence-electron chi connectivity index (χ1n) is 5.37. The Kier molecular flexibility index (Phi) is 3.66. The van der Waals surface area contributed by atoms with E-state index in [0.29, 0.717) is 24.1 Å². The number of nitrogens with zero attached hydrogens (tertiary/aromatic N) is 2. The molecule has 1 aromatic carbocycles. The molecule has 4 nitrogen and oxygen atoms in total. The van der Waals surface area contributed by atoms with Gasteiger partial charge in [0.2, 0.25) is 5.88 Å². The number of hydrogen-bond acceptors (Lipinski definition) is 3. The Morgan fingerprint density at radius 2 is 2.18 bits per heavy atom. The van der Waals surface area contributed by atoms with Crippen molar-refractivity contribution in [2.24, 2.45) is 5.73 Å². The molecule has 0 unspecified atom stereocenters. The zero-order chi connectivity index (χ0) is 12.3. The number of aromatic nitrogens is 2. The molecule has 0 aliphatic rings. The lowest BCUT2D eigenvalue weighted by atomic mass is 10.3. The van der Waals surface area contributed by atoms with Crippen LogP contribution in [0, 0.1) is 6.92 Å². The van der Waals surface area contributed by atoms with Crippen molar-refractivity contribution < 1.29 is 4.74 Å². The summed E-state index contributed by atoms with van der Waals surface area (Å²) in [5, 5.41) is 4.99. The molecule has 0 spiro atoms. The fraction of sp³-hybridized carbons (Fsp3) is 0.250. The summed E-state index contributed by atoms with van der Waals surface area (Å²) in [6.45, 7) is 2.88. The molecule has 0 fully saturated rings. The molecule has 0 aliphatic heterocycles. The number of hydrogen-bond donors (Lipinski definition) is 1. The quantitative estimate of drug-likeness (QED) is 0.906. The van der Waals surface area contributed by atoms with Crippen molar-refractivity contribution in [2.75, 3.05) is 13.2 Å². The molecule has 0 amide bonds. The van der Waals surface area contributed by atoms with Crippen LogP contribution in [0.1, 0.15) is 5.69 Å². The van der Waals surface area contributed by atoms with Gasteiger partial charge in [0.15, 0.2) is 0 Å². The van der Waals surface area contributed by atoms with E-state index < -0.39 is 0 Å². The van der Waals surface area contributed by atoms with E-state index in [1.807, 2.05) is 37.3 Å². The highest BCUT2D eigenvalue weighted by Gasteiger charge is 2.09. The van der Waals surface area contributed by atoms with Crippen molar-refractivity contribution in [3.63, 3.8) is 0 Å². The molecule has 2 rings (SSSR count). The maximum atomic E-state index is 6.12. The molecule has 0 saturated carbocycles. The molecule has 0 saturated heterocycles. The normalized spacial score (nSPS) is 10.5. The lowest BCUT2D eigenvalue weighted by molar-refractivity contribution is 0.313. The summed E-state index contributed by atoms with van der Waals surface area (Å²) in [5.41, 5.74) is 7.18. The van der Waals surface area contributed by atoms with Crippen LogP contribution in [0.2, 0.25) is 5.02 Å². The minimum Gasteiger partial charge on any atom is -0.475 e. The Labute approximate surface area is 105 Å². The molecule has 17 heavy (non-hydrogen) atoms. The Hall–Kier alpha value is -1.52. The molecule has 2 aromatic rings. The number of ether oxygens (including phenoxy) is 1. The standard InChI is InChI=1S/C12H14ClN3O/c1-9-8-12(17-7-6-14)15-16(9)11-5-3-2-4-10(11)13/h2-5,8H,6-7,14H2,1H3. The SMILES string of the molecule is Cc1cc(OCCN)nn1-c1ccccc1Cl. The van der Waals surface area contributed by atoms with Crippen molar-refractivity contribution >= 4 is 11.6 Å². The second-order valence-corrected chi connectivity index (χ2v) is 4.03. The van der Waals surface area contributed by atoms with E-state index >= 15 is 0 Å². The zero-order valence-corrected chi connectivity index (χ0v) is 10.3. The maximum absolute atomic E-state index is 6.12. The van der Waals surface area contributed by atoms with Crippen LogP contribution >= 0.6 is 11.6 Å². The van der Waals surface area contributed by atoms with Crippen LogP contribution in [-0.4, -0.2) is 22.9 Å². The average Bonchev–Trinajstić information content (AvgIpc) is 2.68. The van der Waals surface area contributed by atoms with Crippen LogP contribution in [-0.2, 0) is 0 Å². The summed E-state index contributed by atoms with van der Waals surface area (Å²) >= 11 is 6.12. The van der Waals surface area contributed by atoms with Gasteiger partial charge in [-0.2, -0.15) is 0 Å². The molecule has 2 N–H and O–H groups in total. The Morgan fingerprint density at radius 3 is 2.88 bits per heavy atom. The Morgan fingerprint density at radius 1 is 1.41 bits per heavy atom. The van der Waals surface area contributed by atoms with Crippen LogP contribution < -0.4 is 10.5 Å². The van der Waals surface area contributed by atoms with Crippen LogP contribution in [0.25, 0.3) is 5.69 Å². The largest absolute Gasteiger partial charge is 0.475 e. The minimum absolute atomic E-state index is 0.457. The topological polar surface area (TPSA) is 53.1 Å². The second-order valence-electron chi connectivity index (χ2n) is 3.62. The molecular formula is C12H14ClN3O. The molecule has 1 aromatic heterocycles. The molecule has 90 valence electrons. The van der Waals surface area contributed by atoms with Crippen molar-refractivity contribution in [2.45, 2.75) is 6.92 Å². The summed E-state index contributed by atoms with van der Waals surface area (Å²) in [6.07, 6.45) is 0. The first-order valence-corrected chi connectivity index (χ1v) is 5.74. The van der Waals surface area contributed by atoms with Gasteiger partial charge in [-0.15, -0.1) is 5.10 Å². The van der Waals surface area contributed by atoms with E-state index in [2.05, 4.69) is 5.10 Å². The highest BCUT2D eigenvalue weighted by atomic mass is 35.5. The first-order chi connectivity index (χ1) is 8.22. The monoisotopic (exact) mass is 251 g/mol. The van der Waals surface area contributed by atoms with E-state index in [0.717, 1.165) is 11.4 Å². The lowest BCUT2D eigenvalue weighted by Gasteiger charge is -2.05. The first kappa shape index (κ1) is 12.0. The smallest absolute Gasteiger partial charge is 0.233 e. The second kappa shape index (κ2) is 5.21. The summed E-state index contributed by atoms with van der Waals surface area (Å²) in [5.74, 6) is 0.563. The number of nitrogens with two attached hydrogens (primary N) is 1. The van der Waals surface area contributed by atoms with Gasteiger partial charge in [0.25, 0.3) is 0 Å². The summed E-state index contributed by atoms with van der Waals surface area (Å²) in [4.78, 5) is 0. The van der Waals surface area contributed by atoms with Crippen molar-refractivity contribution in [1.82, 2.24) is 9.78 Å². The van der Waals surface area contributed by atoms with E-state index in [9.17, 15) is 0 Å². The molecule has 0 bridgehead atoms. The van der Waals surface area contributed by atoms with Gasteiger partial charge >= 0.3 is 0 Å². The highest BCUT2D eigenvalue weighted by Crippen LogP contribution is 2.22. The van der Waals surface area contributed by atoms with E-state index in [-0.39, 0.29) is 0 Å². The van der Waals surface area contributed by atoms with Crippen molar-refractivity contribution in [1.29, 1.82) is 0 Å². The number of para-hydroxylation sites is 1. The van der Waals surface area contributed by atoms with Gasteiger partial charge < -0.3 is 10.5 Å². The lowest BCUT2D eigenvalue weighted by Crippen LogP contribution is -2.11. The van der Waals surface area contributed by atoms with E-state index in [1.54, 1.807) is 4.68 Å². The Bertz CT molecular complexity index is 510. The summed E-state index contributed by atoms with van der Waals surface area (Å²) in [6, 6.07) is 9.41. The van der Waals surface area contributed by atoms with Gasteiger partial charge in [-0.05, 0) is 19.1 Å². The number of benzene rings is 1. The molecule has 0 radical (unpaired) electrons. The third kappa shape index (κ3) is 2.60. The van der Waals surface area contributed by atoms with Gasteiger partial charge in [-0.3, -0.25) is 0 Å². The third-order valence-electron chi connectivity index (χ3n) is 2.31. The van der Waals surface area contributed by atoms with Gasteiger partial charge in [0.1, 0.15) is 6.61 Å². The number of halogens is 1. The van der Waals surface area contributed by atoms with Crippen molar-refractivity contribution in [3.8, 4) is 11.6 Å². The molecule has 0 atom stereocenters. The predicted molar refractivity (Wildman–Crippen MR) is 67.9 cm³/mol. The third-order valence-corrected chi connectivity index (χ3v) is 2.63. The fourth-order valence-corrected chi connectivity index (χ4v) is 1.76. The summed E-state index contributed by atoms with van der Waals surface area (Å²) < 4.78 is 7.14. The van der Waals surface area contributed by atoms with Gasteiger partial charge in [0.05, 0.1) is 10.7 Å². The average molecular weight is 252 g/mol. The van der Waals surface area contributed by atoms with Crippen LogP contribution in [0.5, 0.6) is 5.88 Å². The fourth-order valence-electron chi connectivity index (χ4n) is 1.55. The number of rotatable bonds is 4. The maximum Gasteiger partial charge on any atom is 0.233 e. The van der Waals surface area contributed by atoms with Crippen LogP contribution in [0.15, 0.2) is 30.3 Å². The van der Waals surface area contributed by atoms with E-state index in [4.69, 9.17) is 22.1 Å². The minimum atomic E-state index is 0.457. The van der Waals surface area contributed by atoms with Gasteiger partial charge in [0, 0.05) is 18.3 Å². The van der Waals surface area contributed by atoms with Crippen molar-refractivity contribution in [3.05, 3.63) is 41.0 Å². The van der Waals surface area contributed by atoms with Gasteiger partial charge in [-0.25, -0.2) is 4.68 Å². The van der Waals surface area contributed by atoms with Crippen LogP contribution in [0.4, 0.5) is 0 Å². The summed E-state index contributed by atoms with van der Waals surface area (Å²) in [7, 11) is 0. The molecule has 5 heteroatoms. The predicted octanol–water partition coefficient (Wildman–Crippen LogP) is 2.17. The number of aryl methyl sites for hydroxylation is 1. The Balaban J connectivity index is 2.33. The molecule has 0 aliphatic carbocycles. The van der Waals surface area contributed by atoms with Gasteiger partial charge in [-0.1, -0.05) is 23.7 Å². The molecule has 1 heterocycles. The van der Waals surface area contributed by atoms with E-state index in [1.165, 1.54) is 0 Å². The zero-order valence-electron chi connectivity index (χ0n) is 9.56. The van der Waals surface area contributed by atoms with Crippen LogP contribution in [0.3, 0.4) is 0 Å². The molecular weight excluding hydrogens is 238 g/mol. The highest BCUT2D eigenvalue weighted by molar-refractivity contribution is 6.32.